The smallest absolute Gasteiger partial charge is 0.147 e. The van der Waals surface area contributed by atoms with Crippen LogP contribution in [0.5, 0.6) is 0 Å². The van der Waals surface area contributed by atoms with Gasteiger partial charge in [-0.2, -0.15) is 0 Å². The van der Waals surface area contributed by atoms with E-state index >= 15 is 0 Å². The molecule has 4 nitrogen and oxygen atoms in total. The van der Waals surface area contributed by atoms with Crippen LogP contribution < -0.4 is 5.73 Å². The van der Waals surface area contributed by atoms with Crippen molar-refractivity contribution in [1.29, 1.82) is 0 Å². The first-order valence-electron chi connectivity index (χ1n) is 6.20. The molecule has 1 atom stereocenters. The molecule has 2 rings (SSSR count). The maximum absolute atomic E-state index is 5.73. The first-order chi connectivity index (χ1) is 8.29. The molecular weight excluding hydrogens is 236 g/mol. The minimum absolute atomic E-state index is 0.450. The second-order valence-corrected chi connectivity index (χ2v) is 4.92. The van der Waals surface area contributed by atoms with Crippen molar-refractivity contribution in [2.45, 2.75) is 38.3 Å². The summed E-state index contributed by atoms with van der Waals surface area (Å²) in [5.74, 6) is 0. The third-order valence-electron chi connectivity index (χ3n) is 3.29. The molecule has 1 aliphatic heterocycles. The Bertz CT molecular complexity index is 339. The molecule has 1 aliphatic rings. The van der Waals surface area contributed by atoms with Gasteiger partial charge in [-0.1, -0.05) is 18.0 Å². The van der Waals surface area contributed by atoms with Gasteiger partial charge in [0.2, 0.25) is 0 Å². The summed E-state index contributed by atoms with van der Waals surface area (Å²) in [5.41, 5.74) is 6.65. The summed E-state index contributed by atoms with van der Waals surface area (Å²) >= 11 is 5.73. The molecule has 0 spiro atoms. The molecule has 0 radical (unpaired) electrons. The van der Waals surface area contributed by atoms with Crippen molar-refractivity contribution in [3.63, 3.8) is 0 Å². The fraction of sp³-hybridized carbons (Fsp3) is 0.667. The van der Waals surface area contributed by atoms with E-state index in [9.17, 15) is 0 Å². The van der Waals surface area contributed by atoms with Crippen molar-refractivity contribution < 1.29 is 0 Å². The predicted molar refractivity (Wildman–Crippen MR) is 68.8 cm³/mol. The zero-order valence-corrected chi connectivity index (χ0v) is 10.7. The molecule has 94 valence electrons. The number of hydrogen-bond acceptors (Lipinski definition) is 4. The SMILES string of the molecule is NCCC1CCCCN1Cc1cnc(Cl)cn1. The van der Waals surface area contributed by atoms with Crippen LogP contribution in [0.25, 0.3) is 0 Å². The standard InChI is InChI=1S/C12H19ClN4/c13-12-8-15-10(7-16-12)9-17-6-2-1-3-11(17)4-5-14/h7-8,11H,1-6,9,14H2. The molecule has 1 unspecified atom stereocenters. The highest BCUT2D eigenvalue weighted by molar-refractivity contribution is 6.29. The van der Waals surface area contributed by atoms with Gasteiger partial charge in [0, 0.05) is 12.6 Å². The molecule has 1 aromatic rings. The van der Waals surface area contributed by atoms with Crippen LogP contribution in [0.2, 0.25) is 5.15 Å². The van der Waals surface area contributed by atoms with Crippen LogP contribution in [0.4, 0.5) is 0 Å². The summed E-state index contributed by atoms with van der Waals surface area (Å²) in [6.45, 7) is 2.75. The number of rotatable bonds is 4. The van der Waals surface area contributed by atoms with Crippen LogP contribution in [-0.4, -0.2) is 34.0 Å². The molecule has 0 aliphatic carbocycles. The van der Waals surface area contributed by atoms with Gasteiger partial charge in [0.1, 0.15) is 5.15 Å². The summed E-state index contributed by atoms with van der Waals surface area (Å²) in [7, 11) is 0. The molecule has 0 saturated carbocycles. The molecule has 17 heavy (non-hydrogen) atoms. The monoisotopic (exact) mass is 254 g/mol. The van der Waals surface area contributed by atoms with Crippen molar-refractivity contribution in [2.24, 2.45) is 5.73 Å². The normalized spacial score (nSPS) is 21.6. The number of aromatic nitrogens is 2. The third kappa shape index (κ3) is 3.63. The highest BCUT2D eigenvalue weighted by atomic mass is 35.5. The minimum Gasteiger partial charge on any atom is -0.330 e. The zero-order valence-electron chi connectivity index (χ0n) is 9.98. The maximum atomic E-state index is 5.73. The molecule has 0 bridgehead atoms. The summed E-state index contributed by atoms with van der Waals surface area (Å²) < 4.78 is 0. The predicted octanol–water partition coefficient (Wildman–Crippen LogP) is 1.83. The van der Waals surface area contributed by atoms with Crippen LogP contribution in [0, 0.1) is 0 Å². The lowest BCUT2D eigenvalue weighted by molar-refractivity contribution is 0.132. The number of halogens is 1. The Labute approximate surface area is 107 Å². The number of nitrogens with two attached hydrogens (primary N) is 1. The van der Waals surface area contributed by atoms with Gasteiger partial charge in [-0.05, 0) is 32.4 Å². The average Bonchev–Trinajstić information content (AvgIpc) is 2.35. The zero-order chi connectivity index (χ0) is 12.1. The number of piperidine rings is 1. The average molecular weight is 255 g/mol. The Morgan fingerprint density at radius 1 is 1.35 bits per heavy atom. The highest BCUT2D eigenvalue weighted by Gasteiger charge is 2.21. The summed E-state index contributed by atoms with van der Waals surface area (Å²) in [6.07, 6.45) is 8.27. The van der Waals surface area contributed by atoms with Crippen molar-refractivity contribution in [3.8, 4) is 0 Å². The molecule has 1 aromatic heterocycles. The van der Waals surface area contributed by atoms with E-state index < -0.39 is 0 Å². The van der Waals surface area contributed by atoms with Crippen LogP contribution in [-0.2, 0) is 6.54 Å². The van der Waals surface area contributed by atoms with Gasteiger partial charge in [0.25, 0.3) is 0 Å². The van der Waals surface area contributed by atoms with E-state index in [0.29, 0.717) is 11.2 Å². The van der Waals surface area contributed by atoms with Gasteiger partial charge in [-0.3, -0.25) is 9.88 Å². The quantitative estimate of drug-likeness (QED) is 0.891. The highest BCUT2D eigenvalue weighted by Crippen LogP contribution is 2.21. The molecule has 0 amide bonds. The lowest BCUT2D eigenvalue weighted by atomic mass is 9.99. The molecule has 1 fully saturated rings. The Kier molecular flexibility index (Phi) is 4.71. The van der Waals surface area contributed by atoms with Crippen LogP contribution in [0.3, 0.4) is 0 Å². The second-order valence-electron chi connectivity index (χ2n) is 4.53. The van der Waals surface area contributed by atoms with E-state index in [0.717, 1.165) is 31.7 Å². The second kappa shape index (κ2) is 6.28. The van der Waals surface area contributed by atoms with Crippen molar-refractivity contribution >= 4 is 11.6 Å². The first kappa shape index (κ1) is 12.7. The fourth-order valence-corrected chi connectivity index (χ4v) is 2.51. The van der Waals surface area contributed by atoms with Gasteiger partial charge >= 0.3 is 0 Å². The van der Waals surface area contributed by atoms with Crippen LogP contribution >= 0.6 is 11.6 Å². The van der Waals surface area contributed by atoms with E-state index in [-0.39, 0.29) is 0 Å². The Hall–Kier alpha value is -0.710. The molecule has 0 aromatic carbocycles. The number of hydrogen-bond donors (Lipinski definition) is 1. The van der Waals surface area contributed by atoms with Gasteiger partial charge in [-0.25, -0.2) is 4.98 Å². The maximum Gasteiger partial charge on any atom is 0.147 e. The first-order valence-corrected chi connectivity index (χ1v) is 6.58. The Morgan fingerprint density at radius 2 is 2.24 bits per heavy atom. The van der Waals surface area contributed by atoms with Crippen molar-refractivity contribution in [3.05, 3.63) is 23.2 Å². The van der Waals surface area contributed by atoms with Gasteiger partial charge in [-0.15, -0.1) is 0 Å². The largest absolute Gasteiger partial charge is 0.330 e. The number of nitrogens with zero attached hydrogens (tertiary/aromatic N) is 3. The van der Waals surface area contributed by atoms with Gasteiger partial charge in [0.05, 0.1) is 18.1 Å². The molecule has 1 saturated heterocycles. The van der Waals surface area contributed by atoms with E-state index in [1.54, 1.807) is 12.4 Å². The Balaban J connectivity index is 1.97. The number of likely N-dealkylation sites (tertiary alicyclic amines) is 1. The van der Waals surface area contributed by atoms with Crippen LogP contribution in [0.1, 0.15) is 31.4 Å². The Morgan fingerprint density at radius 3 is 2.94 bits per heavy atom. The van der Waals surface area contributed by atoms with Crippen LogP contribution in [0.15, 0.2) is 12.4 Å². The minimum atomic E-state index is 0.450. The fourth-order valence-electron chi connectivity index (χ4n) is 2.42. The topological polar surface area (TPSA) is 55.0 Å². The van der Waals surface area contributed by atoms with E-state index in [2.05, 4.69) is 14.9 Å². The lowest BCUT2D eigenvalue weighted by Crippen LogP contribution is -2.40. The molecular formula is C12H19ClN4. The van der Waals surface area contributed by atoms with Gasteiger partial charge in [0.15, 0.2) is 0 Å². The molecule has 2 N–H and O–H groups in total. The van der Waals surface area contributed by atoms with Crippen molar-refractivity contribution in [1.82, 2.24) is 14.9 Å². The summed E-state index contributed by atoms with van der Waals surface area (Å²) in [6, 6.07) is 0.603. The summed E-state index contributed by atoms with van der Waals surface area (Å²) in [4.78, 5) is 10.8. The third-order valence-corrected chi connectivity index (χ3v) is 3.48. The summed E-state index contributed by atoms with van der Waals surface area (Å²) in [5, 5.41) is 0.450. The van der Waals surface area contributed by atoms with E-state index in [1.165, 1.54) is 19.3 Å². The lowest BCUT2D eigenvalue weighted by Gasteiger charge is -2.35. The van der Waals surface area contributed by atoms with Crippen molar-refractivity contribution in [2.75, 3.05) is 13.1 Å². The molecule has 2 heterocycles. The van der Waals surface area contributed by atoms with E-state index in [4.69, 9.17) is 17.3 Å². The van der Waals surface area contributed by atoms with Gasteiger partial charge < -0.3 is 5.73 Å². The molecule has 5 heteroatoms. The van der Waals surface area contributed by atoms with E-state index in [1.807, 2.05) is 0 Å².